The molecule has 47 heavy (non-hydrogen) atoms. The van der Waals surface area contributed by atoms with Crippen LogP contribution in [-0.4, -0.2) is 50.2 Å². The maximum atomic E-state index is 14.2. The third-order valence-corrected chi connectivity index (χ3v) is 12.9. The molecule has 5 unspecified atom stereocenters. The fraction of sp³-hybridized carbons (Fsp3) is 0.595. The summed E-state index contributed by atoms with van der Waals surface area (Å²) in [7, 11) is -4.75. The van der Waals surface area contributed by atoms with Crippen molar-refractivity contribution in [1.29, 1.82) is 0 Å². The van der Waals surface area contributed by atoms with Crippen molar-refractivity contribution in [3.63, 3.8) is 0 Å². The summed E-state index contributed by atoms with van der Waals surface area (Å²) in [6, 6.07) is 16.6. The first-order chi connectivity index (χ1) is 22.4. The average Bonchev–Trinajstić information content (AvgIpc) is 3.04. The zero-order valence-electron chi connectivity index (χ0n) is 28.3. The van der Waals surface area contributed by atoms with Crippen LogP contribution < -0.4 is 11.0 Å². The van der Waals surface area contributed by atoms with Crippen molar-refractivity contribution in [2.45, 2.75) is 104 Å². The summed E-state index contributed by atoms with van der Waals surface area (Å²) in [5.74, 6) is 2.52. The Morgan fingerprint density at radius 3 is 2.32 bits per heavy atom. The zero-order chi connectivity index (χ0) is 33.5. The Bertz CT molecular complexity index is 1680. The predicted molar refractivity (Wildman–Crippen MR) is 184 cm³/mol. The lowest BCUT2D eigenvalue weighted by Gasteiger charge is -2.56. The van der Waals surface area contributed by atoms with Crippen molar-refractivity contribution in [2.75, 3.05) is 6.79 Å². The molecule has 3 aromatic rings. The normalized spacial score (nSPS) is 33.0. The van der Waals surface area contributed by atoms with Gasteiger partial charge in [-0.25, -0.2) is 9.78 Å². The van der Waals surface area contributed by atoms with Gasteiger partial charge >= 0.3 is 13.6 Å². The number of esters is 1. The van der Waals surface area contributed by atoms with E-state index in [2.05, 4.69) is 44.5 Å². The number of piperidine rings is 2. The van der Waals surface area contributed by atoms with Gasteiger partial charge in [0.15, 0.2) is 0 Å². The molecule has 1 aromatic heterocycles. The van der Waals surface area contributed by atoms with Crippen LogP contribution in [0.3, 0.4) is 0 Å². The molecule has 1 aliphatic carbocycles. The van der Waals surface area contributed by atoms with Crippen LogP contribution in [-0.2, 0) is 13.8 Å². The molecule has 2 bridgehead atoms. The van der Waals surface area contributed by atoms with Crippen LogP contribution in [0.15, 0.2) is 59.4 Å². The van der Waals surface area contributed by atoms with Gasteiger partial charge in [0, 0.05) is 24.2 Å². The van der Waals surface area contributed by atoms with Gasteiger partial charge < -0.3 is 14.2 Å². The second-order valence-corrected chi connectivity index (χ2v) is 16.5. The van der Waals surface area contributed by atoms with Crippen molar-refractivity contribution >= 4 is 30.0 Å². The number of nitrogens with zero attached hydrogens (tertiary/aromatic N) is 3. The van der Waals surface area contributed by atoms with Gasteiger partial charge in [0.2, 0.25) is 12.2 Å². The molecule has 3 aliphatic rings. The Kier molecular flexibility index (Phi) is 10.1. The Morgan fingerprint density at radius 1 is 0.851 bits per heavy atom. The number of carbonyl (C=O) groups is 1. The maximum Gasteiger partial charge on any atom is 0.385 e. The molecular weight excluding hydrogens is 613 g/mol. The third kappa shape index (κ3) is 7.01. The molecule has 0 radical (unpaired) electrons. The van der Waals surface area contributed by atoms with Crippen LogP contribution in [0.5, 0.6) is 0 Å². The standard InChI is InChI=1S/C37H50N3O6P/c1-23-17-25(3)27(5)26(4)19-30(18-23)39-29-16-15-24(2)34(39)21-31(20-29)40-33-14-10-9-13-32(33)38-35(36(40)41)47(43,44)46-22-45-37(42)28-11-7-6-8-12-28/h6-14,23-27,29-31,34H,15-22H2,1-5H3,(H,43,44)/t23-,24?,25+,26?,27?,29-,30-,31+,34?/m0/s1. The van der Waals surface area contributed by atoms with E-state index >= 15 is 0 Å². The third-order valence-electron chi connectivity index (χ3n) is 11.6. The Hall–Kier alpha value is -2.84. The van der Waals surface area contributed by atoms with E-state index in [0.29, 0.717) is 52.8 Å². The van der Waals surface area contributed by atoms with Gasteiger partial charge in [-0.05, 0) is 98.8 Å². The van der Waals surface area contributed by atoms with Crippen molar-refractivity contribution in [2.24, 2.45) is 29.6 Å². The first-order valence-electron chi connectivity index (χ1n) is 17.4. The SMILES string of the molecule is CC1C[C@@H](N2C3C[C@H](n4c(=O)c(P(=O)(O)OCOC(=O)c5ccccc5)nc5ccccc54)C[C@@H]2CCC3C)C[C@@H](C)C[C@@H](C)C1C. The van der Waals surface area contributed by atoms with Crippen LogP contribution in [0.4, 0.5) is 0 Å². The lowest BCUT2D eigenvalue weighted by atomic mass is 9.70. The number of fused-ring (bicyclic) bond motifs is 3. The summed E-state index contributed by atoms with van der Waals surface area (Å²) in [6.45, 7) is 11.3. The summed E-state index contributed by atoms with van der Waals surface area (Å²) in [5.41, 5.74) is 0.223. The number of aromatic nitrogens is 2. The number of ether oxygens (including phenoxy) is 1. The van der Waals surface area contributed by atoms with Crippen LogP contribution in [0.1, 0.15) is 96.0 Å². The molecular formula is C37H50N3O6P. The molecule has 3 heterocycles. The largest absolute Gasteiger partial charge is 0.434 e. The molecule has 9 nitrogen and oxygen atoms in total. The van der Waals surface area contributed by atoms with Gasteiger partial charge in [-0.15, -0.1) is 0 Å². The highest BCUT2D eigenvalue weighted by atomic mass is 31.2. The van der Waals surface area contributed by atoms with E-state index in [4.69, 9.17) is 9.26 Å². The van der Waals surface area contributed by atoms with Crippen LogP contribution in [0.25, 0.3) is 11.0 Å². The smallest absolute Gasteiger partial charge is 0.385 e. The minimum absolute atomic E-state index is 0.151. The highest BCUT2D eigenvalue weighted by Crippen LogP contribution is 2.47. The molecule has 3 fully saturated rings. The van der Waals surface area contributed by atoms with Gasteiger partial charge in [-0.2, -0.15) is 0 Å². The van der Waals surface area contributed by atoms with Crippen LogP contribution in [0, 0.1) is 29.6 Å². The van der Waals surface area contributed by atoms with Gasteiger partial charge in [0.1, 0.15) is 0 Å². The van der Waals surface area contributed by atoms with Crippen LogP contribution >= 0.6 is 7.60 Å². The first kappa shape index (κ1) is 34.0. The highest BCUT2D eigenvalue weighted by molar-refractivity contribution is 7.60. The van der Waals surface area contributed by atoms with Gasteiger partial charge in [-0.1, -0.05) is 65.0 Å². The average molecular weight is 664 g/mol. The summed E-state index contributed by atoms with van der Waals surface area (Å²) in [5, 5.41) is 0. The zero-order valence-corrected chi connectivity index (χ0v) is 29.2. The topological polar surface area (TPSA) is 111 Å². The van der Waals surface area contributed by atoms with Crippen molar-refractivity contribution in [3.05, 3.63) is 70.5 Å². The van der Waals surface area contributed by atoms with Gasteiger partial charge in [0.25, 0.3) is 5.56 Å². The summed E-state index contributed by atoms with van der Waals surface area (Å²) in [6.07, 6.45) is 7.51. The summed E-state index contributed by atoms with van der Waals surface area (Å²) in [4.78, 5) is 44.9. The van der Waals surface area contributed by atoms with Gasteiger partial charge in [-0.3, -0.25) is 18.8 Å². The molecule has 10 atom stereocenters. The molecule has 254 valence electrons. The minimum Gasteiger partial charge on any atom is -0.434 e. The van der Waals surface area contributed by atoms with E-state index in [1.54, 1.807) is 47.0 Å². The van der Waals surface area contributed by atoms with Crippen LogP contribution in [0.2, 0.25) is 0 Å². The second-order valence-electron chi connectivity index (χ2n) is 14.8. The highest BCUT2D eigenvalue weighted by Gasteiger charge is 2.47. The fourth-order valence-corrected chi connectivity index (χ4v) is 9.84. The molecule has 2 saturated heterocycles. The van der Waals surface area contributed by atoms with Crippen molar-refractivity contribution in [3.8, 4) is 0 Å². The monoisotopic (exact) mass is 663 g/mol. The molecule has 1 saturated carbocycles. The Labute approximate surface area is 278 Å². The molecule has 6 rings (SSSR count). The summed E-state index contributed by atoms with van der Waals surface area (Å²) >= 11 is 0. The van der Waals surface area contributed by atoms with E-state index in [0.717, 1.165) is 25.2 Å². The Morgan fingerprint density at radius 2 is 1.55 bits per heavy atom. The lowest BCUT2D eigenvalue weighted by Crippen LogP contribution is -2.60. The Balaban J connectivity index is 1.29. The van der Waals surface area contributed by atoms with E-state index in [1.165, 1.54) is 25.7 Å². The van der Waals surface area contributed by atoms with Crippen molar-refractivity contribution in [1.82, 2.24) is 14.5 Å². The first-order valence-corrected chi connectivity index (χ1v) is 19.0. The predicted octanol–water partition coefficient (Wildman–Crippen LogP) is 6.94. The lowest BCUT2D eigenvalue weighted by molar-refractivity contribution is -0.0612. The molecule has 0 amide bonds. The van der Waals surface area contributed by atoms with E-state index in [-0.39, 0.29) is 11.6 Å². The maximum absolute atomic E-state index is 14.2. The number of rotatable bonds is 7. The van der Waals surface area contributed by atoms with E-state index < -0.39 is 31.4 Å². The van der Waals surface area contributed by atoms with Crippen molar-refractivity contribution < 1.29 is 23.5 Å². The van der Waals surface area contributed by atoms with E-state index in [9.17, 15) is 19.0 Å². The second kappa shape index (κ2) is 13.9. The number of hydrogen-bond acceptors (Lipinski definition) is 7. The van der Waals surface area contributed by atoms with E-state index in [1.807, 2.05) is 12.1 Å². The summed E-state index contributed by atoms with van der Waals surface area (Å²) < 4.78 is 25.6. The molecule has 2 aliphatic heterocycles. The number of carbonyl (C=O) groups excluding carboxylic acids is 1. The molecule has 2 aromatic carbocycles. The molecule has 1 N–H and O–H groups in total. The van der Waals surface area contributed by atoms with Gasteiger partial charge in [0.05, 0.1) is 16.6 Å². The number of para-hydroxylation sites is 2. The quantitative estimate of drug-likeness (QED) is 0.165. The minimum atomic E-state index is -4.75. The molecule has 0 spiro atoms. The number of hydrogen-bond donors (Lipinski definition) is 1. The fourth-order valence-electron chi connectivity index (χ4n) is 8.94. The molecule has 10 heteroatoms. The number of benzene rings is 2.